The fourth-order valence-electron chi connectivity index (χ4n) is 8.78. The minimum atomic E-state index is -0.0267. The molecular formula is C56H60N6. The lowest BCUT2D eigenvalue weighted by molar-refractivity contribution is 0.573. The predicted molar refractivity (Wildman–Crippen MR) is 268 cm³/mol. The Balaban J connectivity index is 0.000000293. The molecule has 4 heterocycles. The molecule has 0 saturated heterocycles. The number of hydrogen-bond acceptors (Lipinski definition) is 4. The quantitative estimate of drug-likeness (QED) is 0.126. The molecule has 0 saturated carbocycles. The van der Waals surface area contributed by atoms with Crippen molar-refractivity contribution in [3.8, 4) is 27.9 Å². The summed E-state index contributed by atoms with van der Waals surface area (Å²) in [6, 6.07) is 58.9. The molecule has 0 radical (unpaired) electrons. The van der Waals surface area contributed by atoms with Gasteiger partial charge in [0.05, 0.1) is 33.9 Å². The molecule has 2 aliphatic rings. The molecule has 0 spiro atoms. The molecule has 6 nitrogen and oxygen atoms in total. The van der Waals surface area contributed by atoms with Crippen molar-refractivity contribution in [2.24, 2.45) is 11.5 Å². The van der Waals surface area contributed by atoms with Crippen molar-refractivity contribution < 1.29 is 0 Å². The van der Waals surface area contributed by atoms with E-state index in [1.165, 1.54) is 89.7 Å². The number of aromatic nitrogens is 2. The van der Waals surface area contributed by atoms with E-state index < -0.39 is 0 Å². The first-order chi connectivity index (χ1) is 30.7. The molecule has 7 aromatic carbocycles. The number of allylic oxidation sites excluding steroid dienone is 2. The van der Waals surface area contributed by atoms with E-state index in [-0.39, 0.29) is 12.3 Å². The summed E-state index contributed by atoms with van der Waals surface area (Å²) in [5.74, 6) is 0. The molecule has 2 atom stereocenters. The van der Waals surface area contributed by atoms with Crippen molar-refractivity contribution in [1.82, 2.24) is 19.8 Å². The van der Waals surface area contributed by atoms with Crippen LogP contribution in [0.4, 0.5) is 0 Å². The van der Waals surface area contributed by atoms with Crippen LogP contribution < -0.4 is 22.1 Å². The molecule has 0 fully saturated rings. The lowest BCUT2D eigenvalue weighted by Crippen LogP contribution is -2.28. The molecule has 0 aliphatic carbocycles. The second-order valence-corrected chi connectivity index (χ2v) is 14.7. The van der Waals surface area contributed by atoms with Gasteiger partial charge in [-0.2, -0.15) is 0 Å². The Morgan fingerprint density at radius 1 is 0.581 bits per heavy atom. The molecule has 2 aromatic heterocycles. The van der Waals surface area contributed by atoms with Crippen molar-refractivity contribution in [2.75, 3.05) is 13.6 Å². The van der Waals surface area contributed by atoms with Crippen molar-refractivity contribution >= 4 is 43.6 Å². The van der Waals surface area contributed by atoms with Gasteiger partial charge in [0.25, 0.3) is 0 Å². The fourth-order valence-corrected chi connectivity index (χ4v) is 8.78. The minimum absolute atomic E-state index is 0.00661. The van der Waals surface area contributed by atoms with Crippen LogP contribution in [0.2, 0.25) is 0 Å². The summed E-state index contributed by atoms with van der Waals surface area (Å²) < 4.78 is 4.96. The van der Waals surface area contributed by atoms with Crippen molar-refractivity contribution in [2.45, 2.75) is 53.4 Å². The SMILES string of the molecule is C1=CC(n2c3ccccc3c3cc4c(cc32)-c2ccccc2-n2c3ccccc3c3cccc-4c32)NC=C1Cc1ccccc1.CC.CC.CCNC(N)c1ccccc1.CN. The van der Waals surface area contributed by atoms with E-state index in [0.717, 1.165) is 18.5 Å². The molecule has 11 rings (SSSR count). The van der Waals surface area contributed by atoms with Gasteiger partial charge < -0.3 is 25.9 Å². The van der Waals surface area contributed by atoms with Crippen LogP contribution in [0.5, 0.6) is 0 Å². The van der Waals surface area contributed by atoms with Crippen molar-refractivity contribution in [1.29, 1.82) is 0 Å². The first-order valence-corrected chi connectivity index (χ1v) is 22.2. The van der Waals surface area contributed by atoms with E-state index in [2.05, 4.69) is 177 Å². The molecule has 2 unspecified atom stereocenters. The van der Waals surface area contributed by atoms with Crippen LogP contribution >= 0.6 is 0 Å². The van der Waals surface area contributed by atoms with Crippen LogP contribution in [-0.2, 0) is 6.42 Å². The Morgan fingerprint density at radius 2 is 1.16 bits per heavy atom. The summed E-state index contributed by atoms with van der Waals surface area (Å²) in [6.07, 6.45) is 7.68. The Morgan fingerprint density at radius 3 is 1.85 bits per heavy atom. The van der Waals surface area contributed by atoms with Crippen LogP contribution in [-0.4, -0.2) is 22.7 Å². The van der Waals surface area contributed by atoms with Gasteiger partial charge in [-0.15, -0.1) is 0 Å². The smallest absolute Gasteiger partial charge is 0.123 e. The van der Waals surface area contributed by atoms with Gasteiger partial charge >= 0.3 is 0 Å². The number of benzene rings is 7. The highest BCUT2D eigenvalue weighted by Crippen LogP contribution is 2.49. The zero-order valence-electron chi connectivity index (χ0n) is 36.9. The Kier molecular flexibility index (Phi) is 14.2. The van der Waals surface area contributed by atoms with Crippen LogP contribution in [0.15, 0.2) is 188 Å². The third-order valence-electron chi connectivity index (χ3n) is 11.3. The average molecular weight is 817 g/mol. The normalized spacial score (nSPS) is 13.6. The van der Waals surface area contributed by atoms with Crippen molar-refractivity contribution in [3.05, 3.63) is 199 Å². The molecule has 0 amide bonds. The molecule has 0 bridgehead atoms. The van der Waals surface area contributed by atoms with E-state index in [9.17, 15) is 0 Å². The molecular weight excluding hydrogens is 757 g/mol. The van der Waals surface area contributed by atoms with E-state index in [1.54, 1.807) is 0 Å². The zero-order chi connectivity index (χ0) is 43.6. The largest absolute Gasteiger partial charge is 0.367 e. The lowest BCUT2D eigenvalue weighted by atomic mass is 9.92. The van der Waals surface area contributed by atoms with Crippen LogP contribution in [0, 0.1) is 0 Å². The third-order valence-corrected chi connectivity index (χ3v) is 11.3. The number of para-hydroxylation sites is 4. The molecule has 9 aromatic rings. The van der Waals surface area contributed by atoms with Gasteiger partial charge in [-0.05, 0) is 84.2 Å². The summed E-state index contributed by atoms with van der Waals surface area (Å²) in [6.45, 7) is 10.9. The van der Waals surface area contributed by atoms with Gasteiger partial charge in [-0.1, -0.05) is 174 Å². The van der Waals surface area contributed by atoms with Crippen LogP contribution in [0.1, 0.15) is 58.1 Å². The molecule has 2 aliphatic heterocycles. The molecule has 6 N–H and O–H groups in total. The van der Waals surface area contributed by atoms with Gasteiger partial charge in [0, 0.05) is 38.9 Å². The number of nitrogens with zero attached hydrogens (tertiary/aromatic N) is 2. The highest BCUT2D eigenvalue weighted by Gasteiger charge is 2.27. The van der Waals surface area contributed by atoms with E-state index in [4.69, 9.17) is 5.73 Å². The highest BCUT2D eigenvalue weighted by atomic mass is 15.2. The maximum atomic E-state index is 5.79. The second-order valence-electron chi connectivity index (χ2n) is 14.7. The van der Waals surface area contributed by atoms with Gasteiger partial charge in [0.1, 0.15) is 6.17 Å². The predicted octanol–water partition coefficient (Wildman–Crippen LogP) is 13.2. The number of nitrogens with two attached hydrogens (primary N) is 2. The van der Waals surface area contributed by atoms with Crippen LogP contribution in [0.3, 0.4) is 0 Å². The summed E-state index contributed by atoms with van der Waals surface area (Å²) in [5.41, 5.74) is 25.3. The van der Waals surface area contributed by atoms with E-state index >= 15 is 0 Å². The van der Waals surface area contributed by atoms with Crippen molar-refractivity contribution in [3.63, 3.8) is 0 Å². The van der Waals surface area contributed by atoms with Crippen LogP contribution in [0.25, 0.3) is 71.6 Å². The standard InChI is InChI=1S/C42H29N3.C9H14N2.2C2H6.CH5N/c1-2-11-27(12-3-1)23-28-21-22-41(43-26-28)44-37-18-7-6-15-31(37)36-24-34-33-17-10-16-32-29-13-4-8-19-38(29)45(42(32)33)39-20-9-5-14-30(39)35(34)25-40(36)44;1-2-11-9(10)8-6-4-3-5-7-8;3*1-2/h1-22,24-26,41,43H,23H2;3-7,9,11H,2,10H2,1H3;2*1-2H3;2H2,1H3. The topological polar surface area (TPSA) is 86.0 Å². The Hall–Kier alpha value is -6.70. The highest BCUT2D eigenvalue weighted by molar-refractivity contribution is 6.19. The van der Waals surface area contributed by atoms with Gasteiger partial charge in [0.15, 0.2) is 0 Å². The summed E-state index contributed by atoms with van der Waals surface area (Å²) in [7, 11) is 1.50. The zero-order valence-corrected chi connectivity index (χ0v) is 36.9. The van der Waals surface area contributed by atoms with Gasteiger partial charge in [-0.25, -0.2) is 0 Å². The number of hydrogen-bond donors (Lipinski definition) is 4. The summed E-state index contributed by atoms with van der Waals surface area (Å²) >= 11 is 0. The molecule has 62 heavy (non-hydrogen) atoms. The monoisotopic (exact) mass is 816 g/mol. The van der Waals surface area contributed by atoms with Gasteiger partial charge in [-0.3, -0.25) is 5.32 Å². The fraction of sp³-hybridized carbons (Fsp3) is 0.179. The molecule has 6 heteroatoms. The second kappa shape index (κ2) is 20.2. The number of nitrogens with one attached hydrogen (secondary N) is 2. The summed E-state index contributed by atoms with van der Waals surface area (Å²) in [4.78, 5) is 0. The summed E-state index contributed by atoms with van der Waals surface area (Å²) in [5, 5.41) is 12.0. The third kappa shape index (κ3) is 8.20. The number of dihydropyridines is 1. The molecule has 314 valence electrons. The maximum Gasteiger partial charge on any atom is 0.123 e. The maximum absolute atomic E-state index is 5.79. The number of rotatable bonds is 6. The number of fused-ring (bicyclic) bond motifs is 11. The van der Waals surface area contributed by atoms with Gasteiger partial charge in [0.2, 0.25) is 0 Å². The Labute approximate surface area is 367 Å². The van der Waals surface area contributed by atoms with E-state index in [1.807, 2.05) is 65.0 Å². The van der Waals surface area contributed by atoms with E-state index in [0.29, 0.717) is 0 Å². The lowest BCUT2D eigenvalue weighted by Gasteiger charge is -2.23. The first kappa shape index (κ1) is 43.4. The first-order valence-electron chi connectivity index (χ1n) is 22.2. The average Bonchev–Trinajstić information content (AvgIpc) is 3.83. The Bertz CT molecular complexity index is 2950. The minimum Gasteiger partial charge on any atom is -0.367 e.